The first-order chi connectivity index (χ1) is 15.5. The molecule has 0 amide bonds. The standard InChI is InChI=1S/C21H17F2N7OS/c1-13-17(11-24)18(30(28-13)15-5-3-2-4-6-15)12-32-21-27-26-19(29(21)25)14-7-9-16(10-8-14)31-20(22)23/h2-10,20H,12,25H2,1H3. The van der Waals surface area contributed by atoms with Crippen LogP contribution in [0.5, 0.6) is 5.75 Å². The fraction of sp³-hybridized carbons (Fsp3) is 0.143. The third kappa shape index (κ3) is 4.26. The molecule has 0 unspecified atom stereocenters. The summed E-state index contributed by atoms with van der Waals surface area (Å²) in [6.07, 6.45) is 0. The summed E-state index contributed by atoms with van der Waals surface area (Å²) in [5, 5.41) is 22.8. The lowest BCUT2D eigenvalue weighted by atomic mass is 10.2. The van der Waals surface area contributed by atoms with E-state index in [0.717, 1.165) is 11.4 Å². The van der Waals surface area contributed by atoms with Crippen LogP contribution in [0.15, 0.2) is 59.8 Å². The smallest absolute Gasteiger partial charge is 0.387 e. The summed E-state index contributed by atoms with van der Waals surface area (Å²) >= 11 is 1.31. The Morgan fingerprint density at radius 1 is 1.12 bits per heavy atom. The second kappa shape index (κ2) is 9.07. The highest BCUT2D eigenvalue weighted by Crippen LogP contribution is 2.28. The molecule has 0 aliphatic carbocycles. The molecule has 32 heavy (non-hydrogen) atoms. The van der Waals surface area contributed by atoms with Gasteiger partial charge in [-0.3, -0.25) is 0 Å². The molecule has 0 saturated heterocycles. The molecule has 0 bridgehead atoms. The van der Waals surface area contributed by atoms with Crippen LogP contribution in [0.2, 0.25) is 0 Å². The quantitative estimate of drug-likeness (QED) is 0.334. The fourth-order valence-electron chi connectivity index (χ4n) is 3.13. The highest BCUT2D eigenvalue weighted by molar-refractivity contribution is 7.98. The van der Waals surface area contributed by atoms with Gasteiger partial charge in [-0.1, -0.05) is 30.0 Å². The zero-order valence-corrected chi connectivity index (χ0v) is 17.6. The summed E-state index contributed by atoms with van der Waals surface area (Å²) in [5.41, 5.74) is 3.29. The van der Waals surface area contributed by atoms with E-state index in [1.54, 1.807) is 23.7 Å². The van der Waals surface area contributed by atoms with Gasteiger partial charge in [0.2, 0.25) is 5.16 Å². The van der Waals surface area contributed by atoms with Crippen molar-refractivity contribution in [1.29, 1.82) is 5.26 Å². The Balaban J connectivity index is 1.57. The lowest BCUT2D eigenvalue weighted by Crippen LogP contribution is -2.12. The summed E-state index contributed by atoms with van der Waals surface area (Å²) in [5.74, 6) is 6.96. The second-order valence-corrected chi connectivity index (χ2v) is 7.58. The average Bonchev–Trinajstić information content (AvgIpc) is 3.32. The highest BCUT2D eigenvalue weighted by atomic mass is 32.2. The van der Waals surface area contributed by atoms with E-state index in [2.05, 4.69) is 26.1 Å². The van der Waals surface area contributed by atoms with Gasteiger partial charge in [0, 0.05) is 11.3 Å². The number of benzene rings is 2. The number of aryl methyl sites for hydroxylation is 1. The van der Waals surface area contributed by atoms with Gasteiger partial charge >= 0.3 is 6.61 Å². The Labute approximate surface area is 186 Å². The lowest BCUT2D eigenvalue weighted by molar-refractivity contribution is -0.0498. The SMILES string of the molecule is Cc1nn(-c2ccccc2)c(CSc2nnc(-c3ccc(OC(F)F)cc3)n2N)c1C#N. The Morgan fingerprint density at radius 3 is 2.50 bits per heavy atom. The third-order valence-corrected chi connectivity index (χ3v) is 5.56. The number of hydrogen-bond donors (Lipinski definition) is 1. The number of nitrogen functional groups attached to an aromatic ring is 1. The van der Waals surface area contributed by atoms with Gasteiger partial charge in [0.05, 0.1) is 22.6 Å². The van der Waals surface area contributed by atoms with Crippen LogP contribution < -0.4 is 10.6 Å². The Morgan fingerprint density at radius 2 is 1.84 bits per heavy atom. The number of nitrogens with zero attached hydrogens (tertiary/aromatic N) is 6. The predicted molar refractivity (Wildman–Crippen MR) is 115 cm³/mol. The number of alkyl halides is 2. The van der Waals surface area contributed by atoms with Crippen molar-refractivity contribution in [3.8, 4) is 28.9 Å². The molecule has 0 atom stereocenters. The van der Waals surface area contributed by atoms with Gasteiger partial charge in [-0.25, -0.2) is 9.36 Å². The molecule has 0 fully saturated rings. The van der Waals surface area contributed by atoms with Crippen LogP contribution in [0, 0.1) is 18.3 Å². The van der Waals surface area contributed by atoms with Crippen molar-refractivity contribution in [2.75, 3.05) is 5.84 Å². The second-order valence-electron chi connectivity index (χ2n) is 6.63. The van der Waals surface area contributed by atoms with Gasteiger partial charge in [-0.2, -0.15) is 19.1 Å². The lowest BCUT2D eigenvalue weighted by Gasteiger charge is -2.08. The molecule has 4 rings (SSSR count). The zero-order valence-electron chi connectivity index (χ0n) is 16.8. The maximum atomic E-state index is 12.3. The Kier molecular flexibility index (Phi) is 6.04. The molecular formula is C21H17F2N7OS. The molecular weight excluding hydrogens is 436 g/mol. The van der Waals surface area contributed by atoms with Gasteiger partial charge in [0.25, 0.3) is 0 Å². The van der Waals surface area contributed by atoms with Crippen LogP contribution >= 0.6 is 11.8 Å². The first kappa shape index (κ1) is 21.3. The number of ether oxygens (including phenoxy) is 1. The predicted octanol–water partition coefficient (Wildman–Crippen LogP) is 3.92. The van der Waals surface area contributed by atoms with E-state index in [4.69, 9.17) is 5.84 Å². The Hall–Kier alpha value is -3.91. The molecule has 162 valence electrons. The van der Waals surface area contributed by atoms with E-state index >= 15 is 0 Å². The maximum absolute atomic E-state index is 12.3. The van der Waals surface area contributed by atoms with Crippen molar-refractivity contribution >= 4 is 11.8 Å². The zero-order chi connectivity index (χ0) is 22.7. The number of hydrogen-bond acceptors (Lipinski definition) is 7. The first-order valence-corrected chi connectivity index (χ1v) is 10.4. The molecule has 11 heteroatoms. The number of para-hydroxylation sites is 1. The summed E-state index contributed by atoms with van der Waals surface area (Å²) in [4.78, 5) is 0. The molecule has 0 spiro atoms. The monoisotopic (exact) mass is 453 g/mol. The van der Waals surface area contributed by atoms with Crippen LogP contribution in [-0.4, -0.2) is 31.3 Å². The number of aromatic nitrogens is 5. The molecule has 2 aromatic carbocycles. The number of nitrogens with two attached hydrogens (primary N) is 1. The van der Waals surface area contributed by atoms with Crippen molar-refractivity contribution in [3.05, 3.63) is 71.5 Å². The van der Waals surface area contributed by atoms with E-state index < -0.39 is 6.61 Å². The van der Waals surface area contributed by atoms with Gasteiger partial charge < -0.3 is 10.6 Å². The van der Waals surface area contributed by atoms with Crippen LogP contribution in [0.1, 0.15) is 17.0 Å². The number of rotatable bonds is 7. The molecule has 2 heterocycles. The fourth-order valence-corrected chi connectivity index (χ4v) is 3.98. The number of thioether (sulfide) groups is 1. The summed E-state index contributed by atoms with van der Waals surface area (Å²) in [7, 11) is 0. The van der Waals surface area contributed by atoms with Crippen molar-refractivity contribution < 1.29 is 13.5 Å². The van der Waals surface area contributed by atoms with Crippen LogP contribution in [0.25, 0.3) is 17.1 Å². The van der Waals surface area contributed by atoms with Gasteiger partial charge in [0.15, 0.2) is 5.82 Å². The topological polar surface area (TPSA) is 108 Å². The maximum Gasteiger partial charge on any atom is 0.387 e. The highest BCUT2D eigenvalue weighted by Gasteiger charge is 2.19. The molecule has 2 N–H and O–H groups in total. The van der Waals surface area contributed by atoms with Gasteiger partial charge in [-0.05, 0) is 43.3 Å². The molecule has 0 saturated carbocycles. The van der Waals surface area contributed by atoms with Crippen LogP contribution in [-0.2, 0) is 5.75 Å². The molecule has 4 aromatic rings. The van der Waals surface area contributed by atoms with Gasteiger partial charge in [0.1, 0.15) is 11.8 Å². The van der Waals surface area contributed by atoms with Crippen molar-refractivity contribution in [3.63, 3.8) is 0 Å². The first-order valence-electron chi connectivity index (χ1n) is 9.40. The molecule has 2 aromatic heterocycles. The molecule has 0 aliphatic heterocycles. The third-order valence-electron chi connectivity index (χ3n) is 4.61. The van der Waals surface area contributed by atoms with E-state index in [-0.39, 0.29) is 5.75 Å². The van der Waals surface area contributed by atoms with Crippen LogP contribution in [0.4, 0.5) is 8.78 Å². The van der Waals surface area contributed by atoms with Crippen LogP contribution in [0.3, 0.4) is 0 Å². The summed E-state index contributed by atoms with van der Waals surface area (Å²) < 4.78 is 32.1. The molecule has 8 nitrogen and oxygen atoms in total. The number of halogens is 2. The normalized spacial score (nSPS) is 11.0. The van der Waals surface area contributed by atoms with E-state index in [0.29, 0.717) is 33.6 Å². The minimum Gasteiger partial charge on any atom is -0.435 e. The largest absolute Gasteiger partial charge is 0.435 e. The summed E-state index contributed by atoms with van der Waals surface area (Å²) in [6, 6.07) is 17.7. The van der Waals surface area contributed by atoms with E-state index in [9.17, 15) is 14.0 Å². The van der Waals surface area contributed by atoms with Gasteiger partial charge in [-0.15, -0.1) is 10.2 Å². The van der Waals surface area contributed by atoms with E-state index in [1.165, 1.54) is 28.6 Å². The summed E-state index contributed by atoms with van der Waals surface area (Å²) in [6.45, 7) is -1.11. The van der Waals surface area contributed by atoms with Crippen molar-refractivity contribution in [1.82, 2.24) is 24.7 Å². The number of nitriles is 1. The van der Waals surface area contributed by atoms with Crippen molar-refractivity contribution in [2.45, 2.75) is 24.4 Å². The minimum absolute atomic E-state index is 0.0370. The average molecular weight is 453 g/mol. The Bertz CT molecular complexity index is 1260. The molecule has 0 aliphatic rings. The van der Waals surface area contributed by atoms with Crippen molar-refractivity contribution in [2.24, 2.45) is 0 Å². The van der Waals surface area contributed by atoms with E-state index in [1.807, 2.05) is 30.3 Å². The molecule has 0 radical (unpaired) electrons. The minimum atomic E-state index is -2.90.